The summed E-state index contributed by atoms with van der Waals surface area (Å²) in [7, 11) is 0. The lowest BCUT2D eigenvalue weighted by Crippen LogP contribution is -2.10. The molecule has 0 spiro atoms. The van der Waals surface area contributed by atoms with E-state index in [1.54, 1.807) is 0 Å². The van der Waals surface area contributed by atoms with E-state index in [-0.39, 0.29) is 11.7 Å². The molecule has 0 saturated carbocycles. The molecule has 134 valence electrons. The zero-order valence-electron chi connectivity index (χ0n) is 14.1. The third-order valence-electron chi connectivity index (χ3n) is 4.17. The van der Waals surface area contributed by atoms with Gasteiger partial charge in [-0.1, -0.05) is 63.9 Å². The fourth-order valence-corrected chi connectivity index (χ4v) is 4.54. The molecule has 4 rings (SSSR count). The Morgan fingerprint density at radius 2 is 1.67 bits per heavy atom. The van der Waals surface area contributed by atoms with Gasteiger partial charge in [-0.25, -0.2) is 0 Å². The van der Waals surface area contributed by atoms with Crippen LogP contribution in [-0.2, 0) is 4.79 Å². The summed E-state index contributed by atoms with van der Waals surface area (Å²) in [4.78, 5) is 13.3. The molecule has 0 aliphatic heterocycles. The maximum Gasteiger partial charge on any atom is 0.321 e. The standard InChI is InChI=1S/C22H14BrClO2S/c23-17-9-7-16-12-18(10-8-15(16)11-17)26-21(25)13-27-20-6-2-4-14-3-1-5-19(24)22(14)20/h1-12H,13H2. The van der Waals surface area contributed by atoms with Gasteiger partial charge in [-0.3, -0.25) is 4.79 Å². The van der Waals surface area contributed by atoms with Crippen LogP contribution in [0.2, 0.25) is 5.02 Å². The Morgan fingerprint density at radius 3 is 2.52 bits per heavy atom. The number of rotatable bonds is 4. The van der Waals surface area contributed by atoms with Gasteiger partial charge in [0, 0.05) is 19.8 Å². The second kappa shape index (κ2) is 7.93. The summed E-state index contributed by atoms with van der Waals surface area (Å²) < 4.78 is 6.53. The first-order valence-corrected chi connectivity index (χ1v) is 10.5. The van der Waals surface area contributed by atoms with E-state index in [9.17, 15) is 4.79 Å². The Morgan fingerprint density at radius 1 is 0.926 bits per heavy atom. The average molecular weight is 458 g/mol. The average Bonchev–Trinajstić information content (AvgIpc) is 2.66. The number of carbonyl (C=O) groups excluding carboxylic acids is 1. The van der Waals surface area contributed by atoms with Crippen LogP contribution in [0.25, 0.3) is 21.5 Å². The van der Waals surface area contributed by atoms with Crippen LogP contribution < -0.4 is 4.74 Å². The van der Waals surface area contributed by atoms with Crippen molar-refractivity contribution in [1.82, 2.24) is 0 Å². The summed E-state index contributed by atoms with van der Waals surface area (Å²) in [6.07, 6.45) is 0. The van der Waals surface area contributed by atoms with Gasteiger partial charge in [-0.2, -0.15) is 0 Å². The molecule has 0 radical (unpaired) electrons. The predicted molar refractivity (Wildman–Crippen MR) is 117 cm³/mol. The first-order chi connectivity index (χ1) is 13.1. The molecule has 4 aromatic rings. The molecule has 0 N–H and O–H groups in total. The highest BCUT2D eigenvalue weighted by molar-refractivity contribution is 9.10. The topological polar surface area (TPSA) is 26.3 Å². The number of halogens is 2. The van der Waals surface area contributed by atoms with Crippen molar-refractivity contribution in [3.8, 4) is 5.75 Å². The van der Waals surface area contributed by atoms with Crippen molar-refractivity contribution >= 4 is 66.8 Å². The molecule has 0 bridgehead atoms. The normalized spacial score (nSPS) is 11.0. The van der Waals surface area contributed by atoms with Crippen molar-refractivity contribution in [1.29, 1.82) is 0 Å². The second-order valence-corrected chi connectivity index (χ2v) is 8.35. The van der Waals surface area contributed by atoms with Crippen LogP contribution in [-0.4, -0.2) is 11.7 Å². The summed E-state index contributed by atoms with van der Waals surface area (Å²) in [6, 6.07) is 23.4. The van der Waals surface area contributed by atoms with Gasteiger partial charge in [-0.15, -0.1) is 11.8 Å². The zero-order chi connectivity index (χ0) is 18.8. The molecule has 0 heterocycles. The molecule has 0 aromatic heterocycles. The quantitative estimate of drug-likeness (QED) is 0.186. The molecule has 27 heavy (non-hydrogen) atoms. The van der Waals surface area contributed by atoms with Crippen LogP contribution in [0, 0.1) is 0 Å². The largest absolute Gasteiger partial charge is 0.426 e. The third kappa shape index (κ3) is 4.13. The second-order valence-electron chi connectivity index (χ2n) is 6.01. The molecule has 5 heteroatoms. The maximum absolute atomic E-state index is 12.3. The summed E-state index contributed by atoms with van der Waals surface area (Å²) in [5.74, 6) is 0.467. The molecule has 4 aromatic carbocycles. The predicted octanol–water partition coefficient (Wildman–Crippen LogP) is 7.11. The molecular formula is C22H14BrClO2S. The number of fused-ring (bicyclic) bond motifs is 2. The van der Waals surface area contributed by atoms with Crippen LogP contribution in [0.3, 0.4) is 0 Å². The number of ether oxygens (including phenoxy) is 1. The number of hydrogen-bond acceptors (Lipinski definition) is 3. The van der Waals surface area contributed by atoms with Crippen molar-refractivity contribution in [2.75, 3.05) is 5.75 Å². The van der Waals surface area contributed by atoms with E-state index in [4.69, 9.17) is 16.3 Å². The Labute approximate surface area is 174 Å². The van der Waals surface area contributed by atoms with Gasteiger partial charge in [0.05, 0.1) is 5.75 Å². The van der Waals surface area contributed by atoms with Gasteiger partial charge in [0.15, 0.2) is 0 Å². The molecule has 0 aliphatic carbocycles. The highest BCUT2D eigenvalue weighted by Crippen LogP contribution is 2.33. The smallest absolute Gasteiger partial charge is 0.321 e. The van der Waals surface area contributed by atoms with Gasteiger partial charge in [0.25, 0.3) is 0 Å². The Hall–Kier alpha value is -2.01. The molecule has 0 saturated heterocycles. The number of esters is 1. The van der Waals surface area contributed by atoms with Gasteiger partial charge in [0.1, 0.15) is 5.75 Å². The van der Waals surface area contributed by atoms with Crippen LogP contribution in [0.15, 0.2) is 82.2 Å². The number of carbonyl (C=O) groups is 1. The van der Waals surface area contributed by atoms with E-state index in [0.29, 0.717) is 10.8 Å². The van der Waals surface area contributed by atoms with E-state index in [2.05, 4.69) is 15.9 Å². The van der Waals surface area contributed by atoms with Crippen molar-refractivity contribution in [3.63, 3.8) is 0 Å². The molecule has 0 atom stereocenters. The first kappa shape index (κ1) is 18.4. The molecule has 2 nitrogen and oxygen atoms in total. The lowest BCUT2D eigenvalue weighted by atomic mass is 10.1. The van der Waals surface area contributed by atoms with Crippen molar-refractivity contribution in [2.45, 2.75) is 4.90 Å². The van der Waals surface area contributed by atoms with E-state index in [1.807, 2.05) is 72.8 Å². The maximum atomic E-state index is 12.3. The van der Waals surface area contributed by atoms with Crippen LogP contribution in [0.5, 0.6) is 5.75 Å². The number of hydrogen-bond donors (Lipinski definition) is 0. The Balaban J connectivity index is 1.48. The molecule has 0 unspecified atom stereocenters. The number of benzene rings is 4. The SMILES string of the molecule is O=C(CSc1cccc2cccc(Cl)c12)Oc1ccc2cc(Br)ccc2c1. The summed E-state index contributed by atoms with van der Waals surface area (Å²) >= 11 is 11.2. The minimum Gasteiger partial charge on any atom is -0.426 e. The summed E-state index contributed by atoms with van der Waals surface area (Å²) in [5, 5.41) is 4.82. The van der Waals surface area contributed by atoms with Crippen LogP contribution in [0.4, 0.5) is 0 Å². The fraction of sp³-hybridized carbons (Fsp3) is 0.0455. The zero-order valence-corrected chi connectivity index (χ0v) is 17.3. The van der Waals surface area contributed by atoms with Gasteiger partial charge >= 0.3 is 5.97 Å². The highest BCUT2D eigenvalue weighted by Gasteiger charge is 2.10. The number of thioether (sulfide) groups is 1. The lowest BCUT2D eigenvalue weighted by Gasteiger charge is -2.09. The van der Waals surface area contributed by atoms with Crippen molar-refractivity contribution in [2.24, 2.45) is 0 Å². The minimum atomic E-state index is -0.291. The monoisotopic (exact) mass is 456 g/mol. The van der Waals surface area contributed by atoms with Crippen LogP contribution >= 0.6 is 39.3 Å². The summed E-state index contributed by atoms with van der Waals surface area (Å²) in [6.45, 7) is 0. The molecule has 0 fully saturated rings. The van der Waals surface area contributed by atoms with Crippen molar-refractivity contribution in [3.05, 3.63) is 82.3 Å². The minimum absolute atomic E-state index is 0.211. The summed E-state index contributed by atoms with van der Waals surface area (Å²) in [5.41, 5.74) is 0. The van der Waals surface area contributed by atoms with Gasteiger partial charge < -0.3 is 4.74 Å². The van der Waals surface area contributed by atoms with Crippen molar-refractivity contribution < 1.29 is 9.53 Å². The molecule has 0 amide bonds. The van der Waals surface area contributed by atoms with Crippen LogP contribution in [0.1, 0.15) is 0 Å². The van der Waals surface area contributed by atoms with E-state index < -0.39 is 0 Å². The fourth-order valence-electron chi connectivity index (χ4n) is 2.94. The lowest BCUT2D eigenvalue weighted by molar-refractivity contribution is -0.131. The molecular weight excluding hydrogens is 444 g/mol. The van der Waals surface area contributed by atoms with E-state index in [0.717, 1.165) is 30.9 Å². The third-order valence-corrected chi connectivity index (χ3v) is 6.01. The van der Waals surface area contributed by atoms with Gasteiger partial charge in [0.2, 0.25) is 0 Å². The first-order valence-electron chi connectivity index (χ1n) is 8.30. The Kier molecular flexibility index (Phi) is 5.39. The molecule has 0 aliphatic rings. The highest BCUT2D eigenvalue weighted by atomic mass is 79.9. The van der Waals surface area contributed by atoms with E-state index >= 15 is 0 Å². The van der Waals surface area contributed by atoms with E-state index in [1.165, 1.54) is 11.8 Å². The van der Waals surface area contributed by atoms with Gasteiger partial charge in [-0.05, 0) is 52.6 Å². The Bertz CT molecular complexity index is 1150.